The highest BCUT2D eigenvalue weighted by atomic mass is 16.2. The van der Waals surface area contributed by atoms with E-state index in [1.54, 1.807) is 4.90 Å². The number of para-hydroxylation sites is 1. The lowest BCUT2D eigenvalue weighted by Crippen LogP contribution is -2.41. The third kappa shape index (κ3) is 4.62. The van der Waals surface area contributed by atoms with E-state index in [-0.39, 0.29) is 12.3 Å². The number of hydrogen-bond donors (Lipinski definition) is 2. The molecule has 0 saturated carbocycles. The standard InChI is InChI=1S/C14H21N3O2/c1-3-17(4-2)13(18)10-12(14(15)19)16-11-8-6-5-7-9-11/h5-9,12,16H,3-4,10H2,1-2H3,(H2,15,19). The van der Waals surface area contributed by atoms with Crippen LogP contribution >= 0.6 is 0 Å². The topological polar surface area (TPSA) is 75.4 Å². The lowest BCUT2D eigenvalue weighted by molar-refractivity contribution is -0.133. The van der Waals surface area contributed by atoms with Crippen LogP contribution in [0.1, 0.15) is 20.3 Å². The summed E-state index contributed by atoms with van der Waals surface area (Å²) in [6, 6.07) is 8.57. The molecule has 0 heterocycles. The van der Waals surface area contributed by atoms with E-state index < -0.39 is 11.9 Å². The summed E-state index contributed by atoms with van der Waals surface area (Å²) in [5, 5.41) is 2.99. The van der Waals surface area contributed by atoms with Crippen molar-refractivity contribution in [2.45, 2.75) is 26.3 Å². The molecule has 0 aromatic heterocycles. The molecule has 3 N–H and O–H groups in total. The number of nitrogens with two attached hydrogens (primary N) is 1. The molecule has 0 aliphatic rings. The van der Waals surface area contributed by atoms with E-state index in [1.165, 1.54) is 0 Å². The maximum Gasteiger partial charge on any atom is 0.240 e. The van der Waals surface area contributed by atoms with Gasteiger partial charge in [0.15, 0.2) is 0 Å². The number of amides is 2. The summed E-state index contributed by atoms with van der Waals surface area (Å²) in [5.74, 6) is -0.596. The van der Waals surface area contributed by atoms with Gasteiger partial charge in [-0.3, -0.25) is 9.59 Å². The van der Waals surface area contributed by atoms with Crippen LogP contribution in [0.5, 0.6) is 0 Å². The number of hydrogen-bond acceptors (Lipinski definition) is 3. The van der Waals surface area contributed by atoms with Crippen LogP contribution in [-0.2, 0) is 9.59 Å². The van der Waals surface area contributed by atoms with Gasteiger partial charge in [-0.15, -0.1) is 0 Å². The van der Waals surface area contributed by atoms with E-state index in [2.05, 4.69) is 5.32 Å². The summed E-state index contributed by atoms with van der Waals surface area (Å²) in [6.45, 7) is 5.08. The molecule has 0 bridgehead atoms. The van der Waals surface area contributed by atoms with E-state index in [4.69, 9.17) is 5.73 Å². The predicted octanol–water partition coefficient (Wildman–Crippen LogP) is 1.21. The Hall–Kier alpha value is -2.04. The number of nitrogens with one attached hydrogen (secondary N) is 1. The quantitative estimate of drug-likeness (QED) is 0.776. The van der Waals surface area contributed by atoms with Crippen LogP contribution < -0.4 is 11.1 Å². The molecule has 0 fully saturated rings. The van der Waals surface area contributed by atoms with E-state index in [9.17, 15) is 9.59 Å². The van der Waals surface area contributed by atoms with Gasteiger partial charge in [-0.2, -0.15) is 0 Å². The smallest absolute Gasteiger partial charge is 0.240 e. The first-order valence-electron chi connectivity index (χ1n) is 6.47. The van der Waals surface area contributed by atoms with Gasteiger partial charge in [0, 0.05) is 18.8 Å². The molecule has 5 heteroatoms. The summed E-state index contributed by atoms with van der Waals surface area (Å²) in [6.07, 6.45) is 0.0753. The van der Waals surface area contributed by atoms with Gasteiger partial charge in [0.1, 0.15) is 6.04 Å². The summed E-state index contributed by atoms with van der Waals surface area (Å²) in [4.78, 5) is 25.1. The Morgan fingerprint density at radius 2 is 1.79 bits per heavy atom. The largest absolute Gasteiger partial charge is 0.373 e. The van der Waals surface area contributed by atoms with Crippen molar-refractivity contribution in [1.29, 1.82) is 0 Å². The van der Waals surface area contributed by atoms with Crippen molar-refractivity contribution in [3.05, 3.63) is 30.3 Å². The van der Waals surface area contributed by atoms with Crippen molar-refractivity contribution in [2.75, 3.05) is 18.4 Å². The SMILES string of the molecule is CCN(CC)C(=O)CC(Nc1ccccc1)C(N)=O. The zero-order chi connectivity index (χ0) is 14.3. The van der Waals surface area contributed by atoms with Gasteiger partial charge in [0.2, 0.25) is 11.8 Å². The molecule has 2 amide bonds. The van der Waals surface area contributed by atoms with Gasteiger partial charge in [0.05, 0.1) is 6.42 Å². The number of carbonyl (C=O) groups is 2. The van der Waals surface area contributed by atoms with Crippen molar-refractivity contribution in [2.24, 2.45) is 5.73 Å². The Bertz CT molecular complexity index is 416. The average molecular weight is 263 g/mol. The normalized spacial score (nSPS) is 11.7. The zero-order valence-electron chi connectivity index (χ0n) is 11.4. The fraction of sp³-hybridized carbons (Fsp3) is 0.429. The number of carbonyl (C=O) groups excluding carboxylic acids is 2. The molecule has 1 aromatic rings. The van der Waals surface area contributed by atoms with Crippen LogP contribution in [0.25, 0.3) is 0 Å². The third-order valence-electron chi connectivity index (χ3n) is 2.95. The molecule has 0 spiro atoms. The van der Waals surface area contributed by atoms with Crippen LogP contribution in [-0.4, -0.2) is 35.8 Å². The van der Waals surface area contributed by atoms with E-state index in [1.807, 2.05) is 44.2 Å². The van der Waals surface area contributed by atoms with Crippen LogP contribution in [0.3, 0.4) is 0 Å². The van der Waals surface area contributed by atoms with Crippen molar-refractivity contribution in [3.8, 4) is 0 Å². The van der Waals surface area contributed by atoms with Crippen LogP contribution in [0.4, 0.5) is 5.69 Å². The molecule has 0 aliphatic carbocycles. The number of anilines is 1. The van der Waals surface area contributed by atoms with Gasteiger partial charge in [-0.1, -0.05) is 18.2 Å². The Kier molecular flexibility index (Phi) is 5.85. The first kappa shape index (κ1) is 15.0. The second kappa shape index (κ2) is 7.41. The molecular formula is C14H21N3O2. The monoisotopic (exact) mass is 263 g/mol. The summed E-state index contributed by atoms with van der Waals surface area (Å²) in [5.41, 5.74) is 6.12. The molecule has 1 atom stereocenters. The van der Waals surface area contributed by atoms with E-state index in [0.29, 0.717) is 13.1 Å². The van der Waals surface area contributed by atoms with Gasteiger partial charge in [-0.25, -0.2) is 0 Å². The van der Waals surface area contributed by atoms with Crippen LogP contribution in [0, 0.1) is 0 Å². The lowest BCUT2D eigenvalue weighted by Gasteiger charge is -2.22. The Balaban J connectivity index is 2.69. The van der Waals surface area contributed by atoms with E-state index >= 15 is 0 Å². The lowest BCUT2D eigenvalue weighted by atomic mass is 10.1. The van der Waals surface area contributed by atoms with E-state index in [0.717, 1.165) is 5.69 Å². The molecular weight excluding hydrogens is 242 g/mol. The minimum atomic E-state index is -0.685. The molecule has 5 nitrogen and oxygen atoms in total. The fourth-order valence-electron chi connectivity index (χ4n) is 1.84. The van der Waals surface area contributed by atoms with Crippen LogP contribution in [0.2, 0.25) is 0 Å². The average Bonchev–Trinajstić information content (AvgIpc) is 2.40. The molecule has 1 aromatic carbocycles. The van der Waals surface area contributed by atoms with Crippen molar-refractivity contribution >= 4 is 17.5 Å². The Morgan fingerprint density at radius 1 is 1.21 bits per heavy atom. The van der Waals surface area contributed by atoms with Crippen molar-refractivity contribution in [1.82, 2.24) is 4.90 Å². The number of benzene rings is 1. The highest BCUT2D eigenvalue weighted by Crippen LogP contribution is 2.10. The molecule has 104 valence electrons. The maximum absolute atomic E-state index is 12.0. The second-order valence-electron chi connectivity index (χ2n) is 4.24. The summed E-state index contributed by atoms with van der Waals surface area (Å²) in [7, 11) is 0. The molecule has 1 rings (SSSR count). The first-order valence-corrected chi connectivity index (χ1v) is 6.47. The van der Waals surface area contributed by atoms with Crippen molar-refractivity contribution in [3.63, 3.8) is 0 Å². The third-order valence-corrected chi connectivity index (χ3v) is 2.95. The maximum atomic E-state index is 12.0. The number of nitrogens with zero attached hydrogens (tertiary/aromatic N) is 1. The fourth-order valence-corrected chi connectivity index (χ4v) is 1.84. The minimum absolute atomic E-state index is 0.0720. The zero-order valence-corrected chi connectivity index (χ0v) is 11.4. The highest BCUT2D eigenvalue weighted by molar-refractivity contribution is 5.89. The Morgan fingerprint density at radius 3 is 2.26 bits per heavy atom. The molecule has 0 saturated heterocycles. The molecule has 0 radical (unpaired) electrons. The van der Waals surface area contributed by atoms with Gasteiger partial charge in [-0.05, 0) is 26.0 Å². The van der Waals surface area contributed by atoms with Gasteiger partial charge >= 0.3 is 0 Å². The predicted molar refractivity (Wildman–Crippen MR) is 75.6 cm³/mol. The molecule has 0 aliphatic heterocycles. The summed E-state index contributed by atoms with van der Waals surface area (Å²) < 4.78 is 0. The molecule has 1 unspecified atom stereocenters. The van der Waals surface area contributed by atoms with Crippen LogP contribution in [0.15, 0.2) is 30.3 Å². The van der Waals surface area contributed by atoms with Crippen molar-refractivity contribution < 1.29 is 9.59 Å². The van der Waals surface area contributed by atoms with Gasteiger partial charge < -0.3 is 16.0 Å². The first-order chi connectivity index (χ1) is 9.08. The number of rotatable bonds is 7. The summed E-state index contributed by atoms with van der Waals surface area (Å²) >= 11 is 0. The Labute approximate surface area is 113 Å². The number of primary amides is 1. The van der Waals surface area contributed by atoms with Gasteiger partial charge in [0.25, 0.3) is 0 Å². The highest BCUT2D eigenvalue weighted by Gasteiger charge is 2.21. The second-order valence-corrected chi connectivity index (χ2v) is 4.24. The minimum Gasteiger partial charge on any atom is -0.373 e. The molecule has 19 heavy (non-hydrogen) atoms.